The Bertz CT molecular complexity index is 3170. The molecule has 0 bridgehead atoms. The van der Waals surface area contributed by atoms with Crippen LogP contribution in [0.3, 0.4) is 0 Å². The van der Waals surface area contributed by atoms with Crippen molar-refractivity contribution in [2.75, 3.05) is 0 Å². The highest BCUT2D eigenvalue weighted by Crippen LogP contribution is 2.63. The first kappa shape index (κ1) is 31.0. The van der Waals surface area contributed by atoms with Crippen LogP contribution >= 0.6 is 0 Å². The minimum atomic E-state index is -0.364. The van der Waals surface area contributed by atoms with Gasteiger partial charge >= 0.3 is 0 Å². The smallest absolute Gasteiger partial charge is 0.167 e. The third-order valence-electron chi connectivity index (χ3n) is 11.8. The van der Waals surface area contributed by atoms with Crippen LogP contribution < -0.4 is 0 Å². The Morgan fingerprint density at radius 3 is 1.57 bits per heavy atom. The highest BCUT2D eigenvalue weighted by Gasteiger charge is 2.51. The number of benzene rings is 8. The zero-order valence-electron chi connectivity index (χ0n) is 30.1. The molecule has 56 heavy (non-hydrogen) atoms. The molecule has 4 nitrogen and oxygen atoms in total. The number of hydrogen-bond donors (Lipinski definition) is 0. The first-order valence-corrected chi connectivity index (χ1v) is 19.0. The summed E-state index contributed by atoms with van der Waals surface area (Å²) in [4.78, 5) is 15.3. The van der Waals surface area contributed by atoms with E-state index in [-0.39, 0.29) is 5.41 Å². The van der Waals surface area contributed by atoms with Gasteiger partial charge in [0.1, 0.15) is 11.2 Å². The Morgan fingerprint density at radius 1 is 0.321 bits per heavy atom. The van der Waals surface area contributed by atoms with E-state index in [1.165, 1.54) is 44.5 Å². The van der Waals surface area contributed by atoms with Gasteiger partial charge < -0.3 is 4.42 Å². The molecule has 0 radical (unpaired) electrons. The number of nitrogens with zero attached hydrogens (tertiary/aromatic N) is 3. The van der Waals surface area contributed by atoms with E-state index >= 15 is 0 Å². The molecule has 4 heteroatoms. The molecule has 2 aromatic heterocycles. The molecule has 1 spiro atoms. The minimum absolute atomic E-state index is 0.364. The first-order chi connectivity index (χ1) is 27.8. The van der Waals surface area contributed by atoms with Crippen LogP contribution in [0.2, 0.25) is 0 Å². The summed E-state index contributed by atoms with van der Waals surface area (Å²) >= 11 is 0. The maximum absolute atomic E-state index is 6.44. The van der Waals surface area contributed by atoms with Crippen molar-refractivity contribution in [1.29, 1.82) is 0 Å². The fourth-order valence-corrected chi connectivity index (χ4v) is 9.38. The molecule has 10 aromatic rings. The Kier molecular flexibility index (Phi) is 6.52. The summed E-state index contributed by atoms with van der Waals surface area (Å²) in [5.41, 5.74) is 16.7. The second-order valence-electron chi connectivity index (χ2n) is 14.7. The summed E-state index contributed by atoms with van der Waals surface area (Å²) in [5, 5.41) is 2.10. The van der Waals surface area contributed by atoms with E-state index in [0.29, 0.717) is 17.5 Å². The molecule has 8 aromatic carbocycles. The lowest BCUT2D eigenvalue weighted by atomic mass is 9.70. The third kappa shape index (κ3) is 4.32. The van der Waals surface area contributed by atoms with Crippen molar-refractivity contribution in [2.45, 2.75) is 5.41 Å². The first-order valence-electron chi connectivity index (χ1n) is 19.0. The quantitative estimate of drug-likeness (QED) is 0.182. The summed E-state index contributed by atoms with van der Waals surface area (Å²) < 4.78 is 6.44. The molecule has 0 N–H and O–H groups in total. The van der Waals surface area contributed by atoms with Crippen LogP contribution in [0.5, 0.6) is 0 Å². The van der Waals surface area contributed by atoms with Crippen molar-refractivity contribution in [3.8, 4) is 67.5 Å². The average Bonchev–Trinajstić information content (AvgIpc) is 3.91. The molecule has 12 rings (SSSR count). The molecular weight excluding hydrogens is 683 g/mol. The Balaban J connectivity index is 1.02. The van der Waals surface area contributed by atoms with E-state index in [9.17, 15) is 0 Å². The molecule has 0 fully saturated rings. The van der Waals surface area contributed by atoms with E-state index < -0.39 is 0 Å². The fourth-order valence-electron chi connectivity index (χ4n) is 9.38. The van der Waals surface area contributed by atoms with Gasteiger partial charge in [-0.2, -0.15) is 0 Å². The number of furan rings is 1. The highest BCUT2D eigenvalue weighted by atomic mass is 16.3. The number of fused-ring (bicyclic) bond motifs is 13. The molecule has 0 atom stereocenters. The van der Waals surface area contributed by atoms with Gasteiger partial charge in [0, 0.05) is 21.9 Å². The van der Waals surface area contributed by atoms with Gasteiger partial charge in [-0.3, -0.25) is 0 Å². The largest absolute Gasteiger partial charge is 0.455 e. The van der Waals surface area contributed by atoms with E-state index in [4.69, 9.17) is 19.4 Å². The topological polar surface area (TPSA) is 51.8 Å². The highest BCUT2D eigenvalue weighted by molar-refractivity contribution is 6.09. The predicted octanol–water partition coefficient (Wildman–Crippen LogP) is 12.8. The molecule has 2 aliphatic rings. The summed E-state index contributed by atoms with van der Waals surface area (Å²) in [5.74, 6) is 1.79. The molecule has 0 aliphatic heterocycles. The van der Waals surface area contributed by atoms with E-state index in [2.05, 4.69) is 127 Å². The number of aromatic nitrogens is 3. The summed E-state index contributed by atoms with van der Waals surface area (Å²) in [6.45, 7) is 0. The molecule has 2 aliphatic carbocycles. The third-order valence-corrected chi connectivity index (χ3v) is 11.8. The van der Waals surface area contributed by atoms with Gasteiger partial charge in [0.2, 0.25) is 0 Å². The Labute approximate surface area is 323 Å². The molecule has 0 unspecified atom stereocenters. The Morgan fingerprint density at radius 2 is 0.821 bits per heavy atom. The van der Waals surface area contributed by atoms with Gasteiger partial charge in [-0.15, -0.1) is 0 Å². The second-order valence-corrected chi connectivity index (χ2v) is 14.7. The van der Waals surface area contributed by atoms with Crippen LogP contribution in [-0.4, -0.2) is 15.0 Å². The van der Waals surface area contributed by atoms with Gasteiger partial charge in [0.15, 0.2) is 17.5 Å². The van der Waals surface area contributed by atoms with Crippen molar-refractivity contribution in [1.82, 2.24) is 15.0 Å². The van der Waals surface area contributed by atoms with Crippen LogP contribution in [0, 0.1) is 0 Å². The monoisotopic (exact) mass is 713 g/mol. The van der Waals surface area contributed by atoms with Crippen LogP contribution in [0.25, 0.3) is 89.5 Å². The van der Waals surface area contributed by atoms with Crippen LogP contribution in [0.4, 0.5) is 0 Å². The summed E-state index contributed by atoms with van der Waals surface area (Å²) in [6, 6.07) is 66.8. The zero-order chi connectivity index (χ0) is 36.8. The number of rotatable bonds is 4. The number of para-hydroxylation sites is 2. The van der Waals surface area contributed by atoms with Crippen LogP contribution in [0.15, 0.2) is 192 Å². The normalized spacial score (nSPS) is 13.1. The molecule has 0 saturated heterocycles. The molecular formula is C52H31N3O. The van der Waals surface area contributed by atoms with Crippen molar-refractivity contribution in [3.63, 3.8) is 0 Å². The lowest BCUT2D eigenvalue weighted by Crippen LogP contribution is -2.25. The lowest BCUT2D eigenvalue weighted by molar-refractivity contribution is 0.669. The van der Waals surface area contributed by atoms with Gasteiger partial charge in [-0.05, 0) is 79.9 Å². The van der Waals surface area contributed by atoms with Crippen LogP contribution in [0.1, 0.15) is 22.3 Å². The van der Waals surface area contributed by atoms with E-state index in [0.717, 1.165) is 49.8 Å². The van der Waals surface area contributed by atoms with Crippen molar-refractivity contribution >= 4 is 21.9 Å². The van der Waals surface area contributed by atoms with Crippen molar-refractivity contribution < 1.29 is 4.42 Å². The maximum atomic E-state index is 6.44. The lowest BCUT2D eigenvalue weighted by Gasteiger charge is -2.30. The molecule has 2 heterocycles. The van der Waals surface area contributed by atoms with Gasteiger partial charge in [0.25, 0.3) is 0 Å². The predicted molar refractivity (Wildman–Crippen MR) is 225 cm³/mol. The molecule has 0 saturated carbocycles. The second kappa shape index (κ2) is 11.8. The number of hydrogen-bond acceptors (Lipinski definition) is 4. The molecule has 0 amide bonds. The maximum Gasteiger partial charge on any atom is 0.167 e. The standard InChI is InChI=1S/C52H31N3O/c1-2-14-32(15-3-1)49-53-50(55-51(54-49)41-23-13-22-40-39-21-7-11-27-47(39)56-48(40)41)35-17-12-16-33(30-35)34-28-29-46-42(31-34)38-20-6-10-26-45(38)52(46)43-24-8-4-18-36(43)37-19-5-9-25-44(37)52/h1-31H. The summed E-state index contributed by atoms with van der Waals surface area (Å²) in [7, 11) is 0. The van der Waals surface area contributed by atoms with Gasteiger partial charge in [-0.1, -0.05) is 164 Å². The minimum Gasteiger partial charge on any atom is -0.455 e. The molecule has 260 valence electrons. The fraction of sp³-hybridized carbons (Fsp3) is 0.0192. The average molecular weight is 714 g/mol. The Hall–Kier alpha value is -7.43. The van der Waals surface area contributed by atoms with Gasteiger partial charge in [0.05, 0.1) is 11.0 Å². The van der Waals surface area contributed by atoms with E-state index in [1.807, 2.05) is 60.7 Å². The van der Waals surface area contributed by atoms with Crippen molar-refractivity contribution in [2.24, 2.45) is 0 Å². The SMILES string of the molecule is c1ccc(-c2nc(-c3cccc(-c4ccc5c(c4)-c4ccccc4C54c5ccccc5-c5ccccc54)c3)nc(-c3cccc4c3oc3ccccc34)n2)cc1. The van der Waals surface area contributed by atoms with Crippen LogP contribution in [-0.2, 0) is 5.41 Å². The zero-order valence-corrected chi connectivity index (χ0v) is 30.1. The van der Waals surface area contributed by atoms with Crippen molar-refractivity contribution in [3.05, 3.63) is 210 Å². The van der Waals surface area contributed by atoms with E-state index in [1.54, 1.807) is 0 Å². The van der Waals surface area contributed by atoms with Gasteiger partial charge in [-0.25, -0.2) is 15.0 Å². The summed E-state index contributed by atoms with van der Waals surface area (Å²) in [6.07, 6.45) is 0.